The second kappa shape index (κ2) is 6.23. The van der Waals surface area contributed by atoms with Crippen molar-refractivity contribution in [2.75, 3.05) is 11.9 Å². The Kier molecular flexibility index (Phi) is 4.16. The Morgan fingerprint density at radius 2 is 1.85 bits per heavy atom. The van der Waals surface area contributed by atoms with Gasteiger partial charge in [0.2, 0.25) is 0 Å². The van der Waals surface area contributed by atoms with Gasteiger partial charge in [-0.25, -0.2) is 9.97 Å². The Balaban J connectivity index is 1.76. The minimum absolute atomic E-state index is 0.479. The molecule has 0 bridgehead atoms. The van der Waals surface area contributed by atoms with E-state index in [9.17, 15) is 0 Å². The van der Waals surface area contributed by atoms with E-state index in [0.29, 0.717) is 11.0 Å². The third-order valence-electron chi connectivity index (χ3n) is 3.77. The third-order valence-corrected chi connectivity index (χ3v) is 3.97. The molecular weight excluding hydrogens is 270 g/mol. The highest BCUT2D eigenvalue weighted by Crippen LogP contribution is 2.25. The van der Waals surface area contributed by atoms with Gasteiger partial charge in [0.25, 0.3) is 0 Å². The Labute approximate surface area is 124 Å². The van der Waals surface area contributed by atoms with Crippen LogP contribution in [0.25, 0.3) is 11.4 Å². The molecule has 2 aromatic rings. The first kappa shape index (κ1) is 13.4. The van der Waals surface area contributed by atoms with Gasteiger partial charge in [0.1, 0.15) is 11.0 Å². The summed E-state index contributed by atoms with van der Waals surface area (Å²) in [6.45, 7) is 0.974. The fraction of sp³-hybridized carbons (Fsp3) is 0.375. The van der Waals surface area contributed by atoms with Crippen molar-refractivity contribution in [2.24, 2.45) is 5.92 Å². The summed E-state index contributed by atoms with van der Waals surface area (Å²) in [5.74, 6) is 2.26. The molecule has 0 amide bonds. The summed E-state index contributed by atoms with van der Waals surface area (Å²) in [5.41, 5.74) is 0.985. The number of rotatable bonds is 4. The quantitative estimate of drug-likeness (QED) is 0.847. The van der Waals surface area contributed by atoms with E-state index >= 15 is 0 Å². The van der Waals surface area contributed by atoms with Gasteiger partial charge in [0, 0.05) is 18.2 Å². The van der Waals surface area contributed by atoms with Gasteiger partial charge in [-0.2, -0.15) is 0 Å². The van der Waals surface area contributed by atoms with E-state index < -0.39 is 0 Å². The van der Waals surface area contributed by atoms with Crippen LogP contribution in [0.4, 0.5) is 5.82 Å². The largest absolute Gasteiger partial charge is 0.370 e. The molecule has 1 saturated carbocycles. The highest BCUT2D eigenvalue weighted by atomic mass is 35.5. The summed E-state index contributed by atoms with van der Waals surface area (Å²) >= 11 is 6.10. The van der Waals surface area contributed by atoms with E-state index in [1.165, 1.54) is 25.7 Å². The van der Waals surface area contributed by atoms with Crippen molar-refractivity contribution < 1.29 is 0 Å². The second-order valence-corrected chi connectivity index (χ2v) is 5.68. The maximum absolute atomic E-state index is 6.10. The van der Waals surface area contributed by atoms with Crippen LogP contribution in [0.3, 0.4) is 0 Å². The predicted octanol–water partition coefficient (Wildman–Crippen LogP) is 4.40. The Hall–Kier alpha value is -1.61. The van der Waals surface area contributed by atoms with Crippen LogP contribution in [0.15, 0.2) is 36.4 Å². The molecule has 0 atom stereocenters. The highest BCUT2D eigenvalue weighted by molar-refractivity contribution is 6.29. The van der Waals surface area contributed by atoms with Gasteiger partial charge in [-0.05, 0) is 18.8 Å². The fourth-order valence-corrected chi connectivity index (χ4v) is 2.87. The van der Waals surface area contributed by atoms with Crippen molar-refractivity contribution in [3.63, 3.8) is 0 Å². The molecule has 1 aliphatic carbocycles. The van der Waals surface area contributed by atoms with Crippen LogP contribution in [0.2, 0.25) is 5.15 Å². The van der Waals surface area contributed by atoms with Crippen LogP contribution in [-0.4, -0.2) is 16.5 Å². The van der Waals surface area contributed by atoms with Crippen molar-refractivity contribution in [3.05, 3.63) is 41.6 Å². The maximum Gasteiger partial charge on any atom is 0.163 e. The first-order valence-corrected chi connectivity index (χ1v) is 7.53. The number of hydrogen-bond donors (Lipinski definition) is 1. The normalized spacial score (nSPS) is 15.4. The summed E-state index contributed by atoms with van der Waals surface area (Å²) in [4.78, 5) is 8.86. The Morgan fingerprint density at radius 1 is 1.10 bits per heavy atom. The zero-order valence-corrected chi connectivity index (χ0v) is 12.1. The minimum atomic E-state index is 0.479. The second-order valence-electron chi connectivity index (χ2n) is 5.30. The van der Waals surface area contributed by atoms with Crippen molar-refractivity contribution in [3.8, 4) is 11.4 Å². The Morgan fingerprint density at radius 3 is 2.60 bits per heavy atom. The standard InChI is InChI=1S/C16H18ClN3/c17-14-10-15(18-11-12-6-4-5-7-12)20-16(19-14)13-8-2-1-3-9-13/h1-3,8-10,12H,4-7,11H2,(H,18,19,20). The lowest BCUT2D eigenvalue weighted by Crippen LogP contribution is -2.12. The number of halogens is 1. The van der Waals surface area contributed by atoms with Gasteiger partial charge in [-0.15, -0.1) is 0 Å². The van der Waals surface area contributed by atoms with Gasteiger partial charge in [-0.3, -0.25) is 0 Å². The van der Waals surface area contributed by atoms with Crippen molar-refractivity contribution in [1.29, 1.82) is 0 Å². The predicted molar refractivity (Wildman–Crippen MR) is 82.9 cm³/mol. The molecule has 0 aliphatic heterocycles. The maximum atomic E-state index is 6.10. The van der Waals surface area contributed by atoms with E-state index in [0.717, 1.165) is 23.8 Å². The molecule has 0 unspecified atom stereocenters. The molecule has 3 rings (SSSR count). The molecule has 1 N–H and O–H groups in total. The number of benzene rings is 1. The number of nitrogens with zero attached hydrogens (tertiary/aromatic N) is 2. The monoisotopic (exact) mass is 287 g/mol. The summed E-state index contributed by atoms with van der Waals surface area (Å²) in [5, 5.41) is 3.88. The van der Waals surface area contributed by atoms with Crippen molar-refractivity contribution in [1.82, 2.24) is 9.97 Å². The highest BCUT2D eigenvalue weighted by Gasteiger charge is 2.15. The first-order valence-electron chi connectivity index (χ1n) is 7.15. The molecule has 1 aromatic carbocycles. The smallest absolute Gasteiger partial charge is 0.163 e. The number of nitrogens with one attached hydrogen (secondary N) is 1. The first-order chi connectivity index (χ1) is 9.81. The number of aromatic nitrogens is 2. The molecular formula is C16H18ClN3. The van der Waals surface area contributed by atoms with Gasteiger partial charge in [-0.1, -0.05) is 54.8 Å². The van der Waals surface area contributed by atoms with Crippen LogP contribution in [-0.2, 0) is 0 Å². The molecule has 1 aliphatic rings. The molecule has 0 spiro atoms. The van der Waals surface area contributed by atoms with Crippen molar-refractivity contribution >= 4 is 17.4 Å². The average molecular weight is 288 g/mol. The molecule has 1 heterocycles. The lowest BCUT2D eigenvalue weighted by molar-refractivity contribution is 0.579. The molecule has 1 aromatic heterocycles. The zero-order valence-electron chi connectivity index (χ0n) is 11.3. The van der Waals surface area contributed by atoms with E-state index in [2.05, 4.69) is 15.3 Å². The minimum Gasteiger partial charge on any atom is -0.370 e. The van der Waals surface area contributed by atoms with Gasteiger partial charge < -0.3 is 5.32 Å². The Bertz CT molecular complexity index is 565. The van der Waals surface area contributed by atoms with Crippen LogP contribution in [0.1, 0.15) is 25.7 Å². The summed E-state index contributed by atoms with van der Waals surface area (Å²) in [6.07, 6.45) is 5.34. The molecule has 104 valence electrons. The molecule has 4 heteroatoms. The lowest BCUT2D eigenvalue weighted by atomic mass is 10.1. The zero-order chi connectivity index (χ0) is 13.8. The van der Waals surface area contributed by atoms with Crippen LogP contribution in [0.5, 0.6) is 0 Å². The van der Waals surface area contributed by atoms with Crippen LogP contribution in [0, 0.1) is 5.92 Å². The van der Waals surface area contributed by atoms with Crippen molar-refractivity contribution in [2.45, 2.75) is 25.7 Å². The SMILES string of the molecule is Clc1cc(NCC2CCCC2)nc(-c2ccccc2)n1. The molecule has 20 heavy (non-hydrogen) atoms. The van der Waals surface area contributed by atoms with E-state index in [1.54, 1.807) is 6.07 Å². The molecule has 3 nitrogen and oxygen atoms in total. The van der Waals surface area contributed by atoms with Gasteiger partial charge in [0.05, 0.1) is 0 Å². The summed E-state index contributed by atoms with van der Waals surface area (Å²) in [6, 6.07) is 11.7. The number of anilines is 1. The van der Waals surface area contributed by atoms with E-state index in [1.807, 2.05) is 30.3 Å². The van der Waals surface area contributed by atoms with Crippen LogP contribution >= 0.6 is 11.6 Å². The molecule has 0 radical (unpaired) electrons. The van der Waals surface area contributed by atoms with Gasteiger partial charge in [0.15, 0.2) is 5.82 Å². The lowest BCUT2D eigenvalue weighted by Gasteiger charge is -2.12. The van der Waals surface area contributed by atoms with E-state index in [-0.39, 0.29) is 0 Å². The topological polar surface area (TPSA) is 37.8 Å². The summed E-state index contributed by atoms with van der Waals surface area (Å²) in [7, 11) is 0. The third kappa shape index (κ3) is 3.28. The fourth-order valence-electron chi connectivity index (χ4n) is 2.69. The van der Waals surface area contributed by atoms with E-state index in [4.69, 9.17) is 11.6 Å². The number of hydrogen-bond acceptors (Lipinski definition) is 3. The molecule has 1 fully saturated rings. The van der Waals surface area contributed by atoms with Crippen LogP contribution < -0.4 is 5.32 Å². The average Bonchev–Trinajstić information content (AvgIpc) is 2.99. The summed E-state index contributed by atoms with van der Waals surface area (Å²) < 4.78 is 0. The van der Waals surface area contributed by atoms with Gasteiger partial charge >= 0.3 is 0 Å². The molecule has 0 saturated heterocycles.